The van der Waals surface area contributed by atoms with Crippen molar-refractivity contribution in [3.05, 3.63) is 43.2 Å². The Balaban J connectivity index is 2.51. The molecule has 0 aromatic heterocycles. The number of hydroxylamine groups is 6. The molecule has 2 radical (unpaired) electrons. The number of hydrogen-bond acceptors (Lipinski definition) is 5. The van der Waals surface area contributed by atoms with Crippen molar-refractivity contribution in [1.29, 1.82) is 0 Å². The van der Waals surface area contributed by atoms with E-state index in [9.17, 15) is 14.7 Å². The summed E-state index contributed by atoms with van der Waals surface area (Å²) in [5.41, 5.74) is 1.77. The third-order valence-electron chi connectivity index (χ3n) is 6.41. The van der Waals surface area contributed by atoms with Crippen molar-refractivity contribution in [3.8, 4) is 5.75 Å². The van der Waals surface area contributed by atoms with Gasteiger partial charge in [-0.2, -0.15) is 9.68 Å². The molecule has 2 atom stereocenters. The number of carbonyl (C=O) groups excluding carboxylic acids is 2. The first-order valence-electron chi connectivity index (χ1n) is 12.3. The van der Waals surface area contributed by atoms with Gasteiger partial charge in [-0.05, 0) is 37.3 Å². The molecule has 1 aliphatic rings. The van der Waals surface area contributed by atoms with Gasteiger partial charge in [0.25, 0.3) is 0 Å². The van der Waals surface area contributed by atoms with E-state index in [0.717, 1.165) is 36.8 Å². The van der Waals surface area contributed by atoms with E-state index in [2.05, 4.69) is 13.8 Å². The molecule has 184 valence electrons. The Morgan fingerprint density at radius 3 is 1.67 bits per heavy atom. The minimum atomic E-state index is -0.528. The fourth-order valence-corrected chi connectivity index (χ4v) is 4.95. The number of rotatable bonds is 12. The Hall–Kier alpha value is -1.80. The largest absolute Gasteiger partial charge is 0.508 e. The number of benzene rings is 1. The van der Waals surface area contributed by atoms with E-state index >= 15 is 0 Å². The molecule has 33 heavy (non-hydrogen) atoms. The Bertz CT molecular complexity index is 798. The Labute approximate surface area is 199 Å². The summed E-state index contributed by atoms with van der Waals surface area (Å²) >= 11 is 0. The minimum Gasteiger partial charge on any atom is -0.508 e. The highest BCUT2D eigenvalue weighted by Crippen LogP contribution is 2.35. The number of amides is 2. The summed E-state index contributed by atoms with van der Waals surface area (Å²) in [7, 11) is 0. The van der Waals surface area contributed by atoms with Crippen LogP contribution in [0.1, 0.15) is 64.5 Å². The van der Waals surface area contributed by atoms with Crippen LogP contribution in [0.3, 0.4) is 0 Å². The number of hydrogen-bond donors (Lipinski definition) is 1. The fraction of sp³-hybridized carbons (Fsp3) is 0.615. The molecule has 0 fully saturated rings. The molecule has 1 aromatic carbocycles. The van der Waals surface area contributed by atoms with E-state index in [0.29, 0.717) is 39.0 Å². The lowest BCUT2D eigenvalue weighted by Gasteiger charge is -2.42. The van der Waals surface area contributed by atoms with Gasteiger partial charge in [-0.25, -0.2) is 9.59 Å². The van der Waals surface area contributed by atoms with Gasteiger partial charge in [0.1, 0.15) is 31.9 Å². The Morgan fingerprint density at radius 2 is 1.27 bits per heavy atom. The van der Waals surface area contributed by atoms with E-state index in [4.69, 9.17) is 9.68 Å². The second-order valence-corrected chi connectivity index (χ2v) is 9.07. The van der Waals surface area contributed by atoms with Gasteiger partial charge in [-0.3, -0.25) is 0 Å². The molecule has 7 nitrogen and oxygen atoms in total. The molecule has 0 aliphatic heterocycles. The van der Waals surface area contributed by atoms with Crippen molar-refractivity contribution in [2.24, 2.45) is 0 Å². The monoisotopic (exact) mass is 462 g/mol. The summed E-state index contributed by atoms with van der Waals surface area (Å²) in [5.74, 6) is -0.368. The Morgan fingerprint density at radius 1 is 0.848 bits per heavy atom. The zero-order valence-electron chi connectivity index (χ0n) is 20.8. The lowest BCUT2D eigenvalue weighted by Crippen LogP contribution is -2.61. The van der Waals surface area contributed by atoms with Gasteiger partial charge in [-0.15, -0.1) is 9.29 Å². The molecule has 1 aliphatic carbocycles. The van der Waals surface area contributed by atoms with Crippen LogP contribution in [0.4, 0.5) is 0 Å². The Kier molecular flexibility index (Phi) is 10.0. The van der Waals surface area contributed by atoms with Crippen LogP contribution in [0.5, 0.6) is 5.75 Å². The van der Waals surface area contributed by atoms with Crippen molar-refractivity contribution in [2.45, 2.75) is 78.4 Å². The molecule has 0 saturated carbocycles. The molecular weight excluding hydrogens is 420 g/mol. The van der Waals surface area contributed by atoms with Crippen molar-refractivity contribution in [3.63, 3.8) is 0 Å². The number of quaternary nitrogens is 2. The third-order valence-corrected chi connectivity index (χ3v) is 6.41. The summed E-state index contributed by atoms with van der Waals surface area (Å²) in [6.45, 7) is 17.5. The molecule has 0 saturated heterocycles. The summed E-state index contributed by atoms with van der Waals surface area (Å²) < 4.78 is -0.369. The minimum absolute atomic E-state index is 0.175. The van der Waals surface area contributed by atoms with E-state index < -0.39 is 12.2 Å². The molecule has 2 amide bonds. The second kappa shape index (κ2) is 12.1. The fourth-order valence-electron chi connectivity index (χ4n) is 4.95. The molecule has 0 heterocycles. The van der Waals surface area contributed by atoms with Crippen molar-refractivity contribution in [1.82, 2.24) is 0 Å². The standard InChI is InChI=1S/C26H41N2O5/c1-7-14-27(15-8-2,20(5)29)32-25-18-22-12-11-13-24(31)23(22)19-26(25)33-28(16-9-3,17-10-4)21(6)30/h11-13,25-26H,5-10,14-19H2,1-4H3/q+1/p+1/t25-,26-/m0/s1. The predicted octanol–water partition coefficient (Wildman–Crippen LogP) is 4.09. The lowest BCUT2D eigenvalue weighted by molar-refractivity contribution is -1.07. The summed E-state index contributed by atoms with van der Waals surface area (Å²) in [6, 6.07) is 5.44. The highest BCUT2D eigenvalue weighted by Gasteiger charge is 2.47. The van der Waals surface area contributed by atoms with Crippen LogP contribution in [0.2, 0.25) is 0 Å². The van der Waals surface area contributed by atoms with Crippen molar-refractivity contribution >= 4 is 11.8 Å². The van der Waals surface area contributed by atoms with E-state index in [-0.39, 0.29) is 26.9 Å². The van der Waals surface area contributed by atoms with Crippen LogP contribution >= 0.6 is 0 Å². The van der Waals surface area contributed by atoms with Gasteiger partial charge in [-0.1, -0.05) is 39.8 Å². The van der Waals surface area contributed by atoms with Gasteiger partial charge in [0.05, 0.1) is 13.8 Å². The summed E-state index contributed by atoms with van der Waals surface area (Å²) in [4.78, 5) is 38.6. The van der Waals surface area contributed by atoms with E-state index in [1.165, 1.54) is 0 Å². The summed E-state index contributed by atoms with van der Waals surface area (Å²) in [6.07, 6.45) is 2.89. The van der Waals surface area contributed by atoms with Gasteiger partial charge >= 0.3 is 11.8 Å². The maximum absolute atomic E-state index is 12.7. The van der Waals surface area contributed by atoms with Crippen molar-refractivity contribution in [2.75, 3.05) is 26.2 Å². The zero-order valence-corrected chi connectivity index (χ0v) is 20.8. The van der Waals surface area contributed by atoms with Gasteiger partial charge in [0, 0.05) is 18.4 Å². The highest BCUT2D eigenvalue weighted by atomic mass is 16.8. The molecule has 2 rings (SSSR count). The van der Waals surface area contributed by atoms with Gasteiger partial charge in [0.2, 0.25) is 0 Å². The topological polar surface area (TPSA) is 72.8 Å². The lowest BCUT2D eigenvalue weighted by atomic mass is 9.87. The van der Waals surface area contributed by atoms with Crippen LogP contribution in [0.15, 0.2) is 18.2 Å². The number of fused-ring (bicyclic) bond motifs is 1. The van der Waals surface area contributed by atoms with Crippen LogP contribution in [-0.4, -0.2) is 64.6 Å². The number of aromatic hydroxyl groups is 1. The molecule has 1 N–H and O–H groups in total. The number of phenols is 1. The van der Waals surface area contributed by atoms with Crippen LogP contribution in [0.25, 0.3) is 0 Å². The highest BCUT2D eigenvalue weighted by molar-refractivity contribution is 5.73. The number of phenolic OH excluding ortho intramolecular Hbond substituents is 1. The molecule has 0 bridgehead atoms. The average molecular weight is 463 g/mol. The quantitative estimate of drug-likeness (QED) is 0.374. The predicted molar refractivity (Wildman–Crippen MR) is 127 cm³/mol. The van der Waals surface area contributed by atoms with Gasteiger partial charge in [0.15, 0.2) is 12.2 Å². The maximum atomic E-state index is 12.7. The number of carbonyl (C=O) groups is 2. The van der Waals surface area contributed by atoms with E-state index in [1.54, 1.807) is 6.07 Å². The third kappa shape index (κ3) is 6.21. The van der Waals surface area contributed by atoms with Crippen LogP contribution in [-0.2, 0) is 32.1 Å². The second-order valence-electron chi connectivity index (χ2n) is 9.07. The smallest absolute Gasteiger partial charge is 0.346 e. The van der Waals surface area contributed by atoms with Crippen molar-refractivity contribution < 1.29 is 33.7 Å². The first-order chi connectivity index (χ1) is 15.7. The average Bonchev–Trinajstić information content (AvgIpc) is 2.75. The first kappa shape index (κ1) is 27.4. The summed E-state index contributed by atoms with van der Waals surface area (Å²) in [5, 5.41) is 10.5. The zero-order chi connectivity index (χ0) is 24.6. The van der Waals surface area contributed by atoms with Crippen LogP contribution in [0, 0.1) is 13.8 Å². The van der Waals surface area contributed by atoms with E-state index in [1.807, 2.05) is 39.8 Å². The van der Waals surface area contributed by atoms with Crippen LogP contribution < -0.4 is 0 Å². The SMILES string of the molecule is [CH2]C(=O)[N+](CCC)(CCC)O[C@H]1Cc2cccc(O)c2C[C@@H]1O[N+](CCC)(CCC)C([CH2])=O. The molecule has 7 heteroatoms. The molecule has 0 spiro atoms. The van der Waals surface area contributed by atoms with Gasteiger partial charge < -0.3 is 5.11 Å². The molecule has 1 aromatic rings. The molecule has 0 unspecified atom stereocenters. The first-order valence-corrected chi connectivity index (χ1v) is 12.3. The normalized spacial score (nSPS) is 18.7. The molecular formula is C26H42N2O5+2. The number of nitrogens with zero attached hydrogens (tertiary/aromatic N) is 2. The maximum Gasteiger partial charge on any atom is 0.346 e.